The van der Waals surface area contributed by atoms with Gasteiger partial charge in [0.1, 0.15) is 6.54 Å². The van der Waals surface area contributed by atoms with E-state index in [9.17, 15) is 13.2 Å². The number of hydrogen-bond donors (Lipinski definition) is 1. The Bertz CT molecular complexity index is 877. The molecule has 0 aromatic heterocycles. The third kappa shape index (κ3) is 5.57. The number of anilines is 1. The average Bonchev–Trinajstić information content (AvgIpc) is 2.64. The van der Waals surface area contributed by atoms with Crippen LogP contribution in [0, 0.1) is 6.92 Å². The van der Waals surface area contributed by atoms with Gasteiger partial charge in [-0.1, -0.05) is 61.9 Å². The Morgan fingerprint density at radius 2 is 1.70 bits per heavy atom. The number of rotatable bonds is 8. The Morgan fingerprint density at radius 1 is 1.07 bits per heavy atom. The number of aryl methyl sites for hydroxylation is 2. The van der Waals surface area contributed by atoms with E-state index in [1.807, 2.05) is 57.2 Å². The van der Waals surface area contributed by atoms with Crippen LogP contribution in [-0.4, -0.2) is 27.1 Å². The van der Waals surface area contributed by atoms with E-state index in [4.69, 9.17) is 0 Å². The predicted molar refractivity (Wildman–Crippen MR) is 110 cm³/mol. The van der Waals surface area contributed by atoms with Crippen molar-refractivity contribution in [1.29, 1.82) is 0 Å². The van der Waals surface area contributed by atoms with Crippen molar-refractivity contribution < 1.29 is 13.2 Å². The Balaban J connectivity index is 2.22. The molecule has 146 valence electrons. The maximum atomic E-state index is 12.7. The molecule has 1 amide bonds. The smallest absolute Gasteiger partial charge is 0.241 e. The van der Waals surface area contributed by atoms with Crippen molar-refractivity contribution in [3.8, 4) is 0 Å². The van der Waals surface area contributed by atoms with Crippen LogP contribution < -0.4 is 9.62 Å². The maximum absolute atomic E-state index is 12.7. The third-order valence-electron chi connectivity index (χ3n) is 4.55. The molecule has 1 atom stereocenters. The lowest BCUT2D eigenvalue weighted by Gasteiger charge is -2.25. The molecule has 2 rings (SSSR count). The second kappa shape index (κ2) is 9.04. The molecule has 0 aliphatic heterocycles. The van der Waals surface area contributed by atoms with Crippen molar-refractivity contribution in [2.75, 3.05) is 17.1 Å². The summed E-state index contributed by atoms with van der Waals surface area (Å²) >= 11 is 0. The number of benzene rings is 2. The van der Waals surface area contributed by atoms with E-state index in [0.717, 1.165) is 29.4 Å². The number of carbonyl (C=O) groups excluding carboxylic acids is 1. The minimum Gasteiger partial charge on any atom is -0.348 e. The maximum Gasteiger partial charge on any atom is 0.241 e. The highest BCUT2D eigenvalue weighted by atomic mass is 32.2. The van der Waals surface area contributed by atoms with Gasteiger partial charge in [0.25, 0.3) is 0 Å². The average molecular weight is 389 g/mol. The molecule has 2 aromatic rings. The van der Waals surface area contributed by atoms with Crippen LogP contribution in [0.4, 0.5) is 5.69 Å². The molecule has 5 nitrogen and oxygen atoms in total. The standard InChI is InChI=1S/C21H28N2O3S/c1-5-17-9-7-8-10-20(17)23(27(4,25)26)15-21(24)22-19(6-2)18-13-11-16(3)12-14-18/h7-14,19H,5-6,15H2,1-4H3,(H,22,24)/t19-/m0/s1. The summed E-state index contributed by atoms with van der Waals surface area (Å²) in [5.41, 5.74) is 3.61. The lowest BCUT2D eigenvalue weighted by Crippen LogP contribution is -2.41. The molecule has 0 unspecified atom stereocenters. The number of para-hydroxylation sites is 1. The van der Waals surface area contributed by atoms with Crippen molar-refractivity contribution >= 4 is 21.6 Å². The van der Waals surface area contributed by atoms with Crippen molar-refractivity contribution in [2.45, 2.75) is 39.7 Å². The van der Waals surface area contributed by atoms with E-state index >= 15 is 0 Å². The van der Waals surface area contributed by atoms with Crippen LogP contribution in [-0.2, 0) is 21.2 Å². The molecular formula is C21H28N2O3S. The Morgan fingerprint density at radius 3 is 2.26 bits per heavy atom. The highest BCUT2D eigenvalue weighted by molar-refractivity contribution is 7.92. The molecular weight excluding hydrogens is 360 g/mol. The number of sulfonamides is 1. The summed E-state index contributed by atoms with van der Waals surface area (Å²) in [6.45, 7) is 5.73. The van der Waals surface area contributed by atoms with Crippen LogP contribution in [0.3, 0.4) is 0 Å². The zero-order valence-corrected chi connectivity index (χ0v) is 17.2. The van der Waals surface area contributed by atoms with Gasteiger partial charge in [0.2, 0.25) is 15.9 Å². The van der Waals surface area contributed by atoms with Gasteiger partial charge in [0.05, 0.1) is 18.0 Å². The molecule has 0 fully saturated rings. The van der Waals surface area contributed by atoms with Gasteiger partial charge in [-0.15, -0.1) is 0 Å². The fourth-order valence-electron chi connectivity index (χ4n) is 3.02. The van der Waals surface area contributed by atoms with Gasteiger partial charge in [-0.05, 0) is 37.0 Å². The summed E-state index contributed by atoms with van der Waals surface area (Å²) in [5, 5.41) is 2.97. The van der Waals surface area contributed by atoms with Crippen molar-refractivity contribution in [2.24, 2.45) is 0 Å². The van der Waals surface area contributed by atoms with Crippen molar-refractivity contribution in [1.82, 2.24) is 5.32 Å². The van der Waals surface area contributed by atoms with Gasteiger partial charge in [-0.2, -0.15) is 0 Å². The van der Waals surface area contributed by atoms with Gasteiger partial charge < -0.3 is 5.32 Å². The van der Waals surface area contributed by atoms with Gasteiger partial charge in [-0.25, -0.2) is 8.42 Å². The largest absolute Gasteiger partial charge is 0.348 e. The Hall–Kier alpha value is -2.34. The Labute approximate surface area is 162 Å². The van der Waals surface area contributed by atoms with Crippen molar-refractivity contribution in [3.05, 3.63) is 65.2 Å². The molecule has 27 heavy (non-hydrogen) atoms. The number of nitrogens with one attached hydrogen (secondary N) is 1. The summed E-state index contributed by atoms with van der Waals surface area (Å²) in [6.07, 6.45) is 2.54. The minimum absolute atomic E-state index is 0.152. The van der Waals surface area contributed by atoms with Crippen LogP contribution in [0.5, 0.6) is 0 Å². The third-order valence-corrected chi connectivity index (χ3v) is 5.68. The second-order valence-electron chi connectivity index (χ2n) is 6.69. The number of carbonyl (C=O) groups is 1. The highest BCUT2D eigenvalue weighted by Crippen LogP contribution is 2.23. The lowest BCUT2D eigenvalue weighted by atomic mass is 10.0. The molecule has 0 radical (unpaired) electrons. The second-order valence-corrected chi connectivity index (χ2v) is 8.60. The molecule has 6 heteroatoms. The van der Waals surface area contributed by atoms with Crippen LogP contribution in [0.2, 0.25) is 0 Å². The molecule has 2 aromatic carbocycles. The van der Waals surface area contributed by atoms with E-state index in [1.54, 1.807) is 12.1 Å². The minimum atomic E-state index is -3.59. The molecule has 0 heterocycles. The monoisotopic (exact) mass is 388 g/mol. The number of amides is 1. The quantitative estimate of drug-likeness (QED) is 0.751. The number of hydrogen-bond acceptors (Lipinski definition) is 3. The van der Waals surface area contributed by atoms with Gasteiger partial charge >= 0.3 is 0 Å². The first-order valence-corrected chi connectivity index (χ1v) is 11.0. The normalized spacial score (nSPS) is 12.4. The fraction of sp³-hybridized carbons (Fsp3) is 0.381. The highest BCUT2D eigenvalue weighted by Gasteiger charge is 2.24. The summed E-state index contributed by atoms with van der Waals surface area (Å²) in [6, 6.07) is 15.1. The zero-order chi connectivity index (χ0) is 20.0. The van der Waals surface area contributed by atoms with Crippen LogP contribution in [0.15, 0.2) is 48.5 Å². The lowest BCUT2D eigenvalue weighted by molar-refractivity contribution is -0.120. The van der Waals surface area contributed by atoms with E-state index in [2.05, 4.69) is 5.32 Å². The molecule has 0 saturated carbocycles. The first-order valence-electron chi connectivity index (χ1n) is 9.17. The number of nitrogens with zero attached hydrogens (tertiary/aromatic N) is 1. The first-order chi connectivity index (χ1) is 12.8. The molecule has 1 N–H and O–H groups in total. The SMILES string of the molecule is CCc1ccccc1N(CC(=O)N[C@@H](CC)c1ccc(C)cc1)S(C)(=O)=O. The molecule has 0 aliphatic carbocycles. The zero-order valence-electron chi connectivity index (χ0n) is 16.4. The van der Waals surface area contributed by atoms with Gasteiger partial charge in [0.15, 0.2) is 0 Å². The van der Waals surface area contributed by atoms with Crippen LogP contribution >= 0.6 is 0 Å². The van der Waals surface area contributed by atoms with Crippen LogP contribution in [0.25, 0.3) is 0 Å². The van der Waals surface area contributed by atoms with Crippen molar-refractivity contribution in [3.63, 3.8) is 0 Å². The van der Waals surface area contributed by atoms with Gasteiger partial charge in [-0.3, -0.25) is 9.10 Å². The molecule has 0 bridgehead atoms. The summed E-state index contributed by atoms with van der Waals surface area (Å²) in [7, 11) is -3.59. The summed E-state index contributed by atoms with van der Waals surface area (Å²) < 4.78 is 25.9. The topological polar surface area (TPSA) is 66.5 Å². The first kappa shape index (κ1) is 21.0. The Kier molecular flexibility index (Phi) is 7.02. The van der Waals surface area contributed by atoms with E-state index in [-0.39, 0.29) is 18.5 Å². The summed E-state index contributed by atoms with van der Waals surface area (Å²) in [4.78, 5) is 12.7. The van der Waals surface area contributed by atoms with Gasteiger partial charge in [0, 0.05) is 0 Å². The van der Waals surface area contributed by atoms with Crippen LogP contribution in [0.1, 0.15) is 43.0 Å². The van der Waals surface area contributed by atoms with E-state index in [0.29, 0.717) is 12.1 Å². The fourth-order valence-corrected chi connectivity index (χ4v) is 3.91. The van der Waals surface area contributed by atoms with E-state index in [1.165, 1.54) is 4.31 Å². The predicted octanol–water partition coefficient (Wildman–Crippen LogP) is 3.59. The molecule has 0 spiro atoms. The molecule has 0 saturated heterocycles. The summed E-state index contributed by atoms with van der Waals surface area (Å²) in [5.74, 6) is -0.321. The molecule has 0 aliphatic rings. The van der Waals surface area contributed by atoms with E-state index < -0.39 is 10.0 Å².